The first-order chi connectivity index (χ1) is 12.0. The van der Waals surface area contributed by atoms with Crippen molar-refractivity contribution < 1.29 is 18.6 Å². The van der Waals surface area contributed by atoms with Crippen LogP contribution >= 0.6 is 0 Å². The summed E-state index contributed by atoms with van der Waals surface area (Å²) in [5, 5.41) is 7.50. The van der Waals surface area contributed by atoms with Gasteiger partial charge in [-0.25, -0.2) is 9.18 Å². The van der Waals surface area contributed by atoms with Gasteiger partial charge in [0.25, 0.3) is 0 Å². The fourth-order valence-corrected chi connectivity index (χ4v) is 2.20. The first-order valence-corrected chi connectivity index (χ1v) is 7.98. The molecule has 2 aromatic rings. The summed E-state index contributed by atoms with van der Waals surface area (Å²) in [6, 6.07) is 2.83. The summed E-state index contributed by atoms with van der Waals surface area (Å²) >= 11 is 0. The first-order valence-electron chi connectivity index (χ1n) is 7.98. The minimum absolute atomic E-state index is 0.0578. The summed E-state index contributed by atoms with van der Waals surface area (Å²) in [6.45, 7) is 5.17. The van der Waals surface area contributed by atoms with Crippen LogP contribution in [0.15, 0.2) is 16.9 Å². The van der Waals surface area contributed by atoms with Gasteiger partial charge < -0.3 is 14.2 Å². The Bertz CT molecular complexity index is 757. The minimum atomic E-state index is -0.442. The Hall–Kier alpha value is -2.26. The Morgan fingerprint density at radius 3 is 2.48 bits per heavy atom. The Morgan fingerprint density at radius 2 is 1.88 bits per heavy atom. The highest BCUT2D eigenvalue weighted by atomic mass is 19.1. The molecule has 0 aliphatic rings. The van der Waals surface area contributed by atoms with Crippen LogP contribution in [0, 0.1) is 5.82 Å². The van der Waals surface area contributed by atoms with Crippen molar-refractivity contribution >= 4 is 0 Å². The molecule has 0 aliphatic heterocycles. The average Bonchev–Trinajstić information content (AvgIpc) is 2.90. The number of benzene rings is 1. The third kappa shape index (κ3) is 4.64. The van der Waals surface area contributed by atoms with Gasteiger partial charge in [-0.2, -0.15) is 9.36 Å². The zero-order chi connectivity index (χ0) is 18.4. The maximum Gasteiger partial charge on any atom is 0.368 e. The molecule has 0 aliphatic carbocycles. The molecule has 2 rings (SSSR count). The molecule has 0 saturated carbocycles. The second-order valence-corrected chi connectivity index (χ2v) is 5.75. The number of ether oxygens (including phenoxy) is 3. The summed E-state index contributed by atoms with van der Waals surface area (Å²) in [6.07, 6.45) is 0. The van der Waals surface area contributed by atoms with Crippen LogP contribution in [0.2, 0.25) is 0 Å². The van der Waals surface area contributed by atoms with Crippen molar-refractivity contribution in [2.24, 2.45) is 7.05 Å². The van der Waals surface area contributed by atoms with Crippen molar-refractivity contribution in [3.63, 3.8) is 0 Å². The van der Waals surface area contributed by atoms with Crippen molar-refractivity contribution in [2.45, 2.75) is 19.8 Å². The predicted molar refractivity (Wildman–Crippen MR) is 88.8 cm³/mol. The van der Waals surface area contributed by atoms with E-state index in [-0.39, 0.29) is 18.3 Å². The molecule has 0 spiro atoms. The van der Waals surface area contributed by atoms with Crippen LogP contribution in [0.25, 0.3) is 5.69 Å². The second-order valence-electron chi connectivity index (χ2n) is 5.75. The van der Waals surface area contributed by atoms with Crippen molar-refractivity contribution in [3.8, 4) is 11.4 Å². The summed E-state index contributed by atoms with van der Waals surface area (Å²) < 4.78 is 32.3. The third-order valence-corrected chi connectivity index (χ3v) is 3.57. The average molecular weight is 354 g/mol. The van der Waals surface area contributed by atoms with E-state index in [1.54, 1.807) is 13.2 Å². The number of hydrogen-bond donors (Lipinski definition) is 0. The van der Waals surface area contributed by atoms with E-state index in [2.05, 4.69) is 10.4 Å². The molecule has 0 atom stereocenters. The maximum atomic E-state index is 14.3. The van der Waals surface area contributed by atoms with Gasteiger partial charge in [0, 0.05) is 20.2 Å². The molecule has 8 nitrogen and oxygen atoms in total. The number of aromatic nitrogens is 4. The number of hydrogen-bond acceptors (Lipinski definition) is 6. The van der Waals surface area contributed by atoms with E-state index in [4.69, 9.17) is 14.2 Å². The lowest BCUT2D eigenvalue weighted by molar-refractivity contribution is 0.0543. The number of nitrogens with zero attached hydrogens (tertiary/aromatic N) is 4. The topological polar surface area (TPSA) is 80.4 Å². The molecule has 0 N–H and O–H groups in total. The minimum Gasteiger partial charge on any atom is -0.489 e. The third-order valence-electron chi connectivity index (χ3n) is 3.57. The van der Waals surface area contributed by atoms with E-state index in [0.29, 0.717) is 31.1 Å². The summed E-state index contributed by atoms with van der Waals surface area (Å²) in [5.41, 5.74) is 0.374. The predicted octanol–water partition coefficient (Wildman–Crippen LogP) is 1.27. The van der Waals surface area contributed by atoms with E-state index < -0.39 is 11.5 Å². The van der Waals surface area contributed by atoms with Gasteiger partial charge >= 0.3 is 5.69 Å². The normalized spacial score (nSPS) is 11.3. The van der Waals surface area contributed by atoms with E-state index >= 15 is 0 Å². The van der Waals surface area contributed by atoms with Crippen LogP contribution in [0.1, 0.15) is 25.3 Å². The molecular formula is C16H23FN4O4. The lowest BCUT2D eigenvalue weighted by Gasteiger charge is -2.15. The van der Waals surface area contributed by atoms with E-state index in [9.17, 15) is 9.18 Å². The Kier molecular flexibility index (Phi) is 6.65. The van der Waals surface area contributed by atoms with Gasteiger partial charge in [-0.15, -0.1) is 0 Å². The smallest absolute Gasteiger partial charge is 0.368 e. The quantitative estimate of drug-likeness (QED) is 0.631. The van der Waals surface area contributed by atoms with Gasteiger partial charge in [0.15, 0.2) is 0 Å². The summed E-state index contributed by atoms with van der Waals surface area (Å²) in [5.74, 6) is -0.247. The SMILES string of the molecule is COCCOCCOc1cc(F)c(C(C)C)cc1-n1nnn(C)c1=O. The van der Waals surface area contributed by atoms with E-state index in [0.717, 1.165) is 9.36 Å². The molecule has 0 radical (unpaired) electrons. The monoisotopic (exact) mass is 354 g/mol. The molecule has 138 valence electrons. The Balaban J connectivity index is 2.26. The molecule has 1 heterocycles. The van der Waals surface area contributed by atoms with Crippen molar-refractivity contribution in [2.75, 3.05) is 33.5 Å². The standard InChI is InChI=1S/C16H23FN4O4/c1-11(2)12-9-14(21-16(22)20(3)18-19-21)15(10-13(12)17)25-8-7-24-6-5-23-4/h9-11H,5-8H2,1-4H3. The summed E-state index contributed by atoms with van der Waals surface area (Å²) in [7, 11) is 3.08. The highest BCUT2D eigenvalue weighted by molar-refractivity contribution is 5.49. The summed E-state index contributed by atoms with van der Waals surface area (Å²) in [4.78, 5) is 12.1. The number of tetrazole rings is 1. The fraction of sp³-hybridized carbons (Fsp3) is 0.562. The first kappa shape index (κ1) is 19.1. The maximum absolute atomic E-state index is 14.3. The lowest BCUT2D eigenvalue weighted by atomic mass is 10.0. The molecule has 1 aromatic carbocycles. The Labute approximate surface area is 145 Å². The van der Waals surface area contributed by atoms with Gasteiger partial charge in [0.1, 0.15) is 23.9 Å². The van der Waals surface area contributed by atoms with E-state index in [1.165, 1.54) is 13.1 Å². The number of halogens is 1. The molecule has 0 unspecified atom stereocenters. The molecule has 0 bridgehead atoms. The molecule has 1 aromatic heterocycles. The molecule has 0 amide bonds. The van der Waals surface area contributed by atoms with Gasteiger partial charge in [-0.3, -0.25) is 0 Å². The number of methoxy groups -OCH3 is 1. The van der Waals surface area contributed by atoms with Crippen LogP contribution in [0.3, 0.4) is 0 Å². The highest BCUT2D eigenvalue weighted by Gasteiger charge is 2.18. The number of aryl methyl sites for hydroxylation is 1. The van der Waals surface area contributed by atoms with Crippen molar-refractivity contribution in [1.29, 1.82) is 0 Å². The van der Waals surface area contributed by atoms with Gasteiger partial charge in [-0.1, -0.05) is 13.8 Å². The van der Waals surface area contributed by atoms with Crippen molar-refractivity contribution in [1.82, 2.24) is 19.8 Å². The van der Waals surface area contributed by atoms with E-state index in [1.807, 2.05) is 13.8 Å². The van der Waals surface area contributed by atoms with Gasteiger partial charge in [0.2, 0.25) is 0 Å². The van der Waals surface area contributed by atoms with Crippen LogP contribution < -0.4 is 10.4 Å². The molecule has 9 heteroatoms. The fourth-order valence-electron chi connectivity index (χ4n) is 2.20. The lowest BCUT2D eigenvalue weighted by Crippen LogP contribution is -2.23. The zero-order valence-electron chi connectivity index (χ0n) is 14.9. The van der Waals surface area contributed by atoms with Crippen LogP contribution in [-0.2, 0) is 16.5 Å². The van der Waals surface area contributed by atoms with Gasteiger partial charge in [0.05, 0.1) is 19.8 Å². The number of rotatable bonds is 9. The molecule has 0 fully saturated rings. The van der Waals surface area contributed by atoms with Crippen molar-refractivity contribution in [3.05, 3.63) is 34.0 Å². The molecule has 0 saturated heterocycles. The second kappa shape index (κ2) is 8.72. The van der Waals surface area contributed by atoms with Crippen LogP contribution in [0.4, 0.5) is 4.39 Å². The molecule has 25 heavy (non-hydrogen) atoms. The Morgan fingerprint density at radius 1 is 1.16 bits per heavy atom. The largest absolute Gasteiger partial charge is 0.489 e. The molecular weight excluding hydrogens is 331 g/mol. The van der Waals surface area contributed by atoms with Crippen LogP contribution in [-0.4, -0.2) is 53.3 Å². The van der Waals surface area contributed by atoms with Crippen LogP contribution in [0.5, 0.6) is 5.75 Å². The highest BCUT2D eigenvalue weighted by Crippen LogP contribution is 2.29. The van der Waals surface area contributed by atoms with Gasteiger partial charge in [-0.05, 0) is 28.0 Å². The zero-order valence-corrected chi connectivity index (χ0v) is 14.9.